The summed E-state index contributed by atoms with van der Waals surface area (Å²) in [7, 11) is 0. The van der Waals surface area contributed by atoms with Gasteiger partial charge in [-0.1, -0.05) is 13.3 Å². The van der Waals surface area contributed by atoms with E-state index in [9.17, 15) is 4.79 Å². The molecule has 98 valence electrons. The van der Waals surface area contributed by atoms with Crippen LogP contribution in [0, 0.1) is 5.92 Å². The number of carboxylic acid groups (broad SMARTS) is 1. The van der Waals surface area contributed by atoms with Crippen LogP contribution in [-0.2, 0) is 6.54 Å². The van der Waals surface area contributed by atoms with Gasteiger partial charge in [0.05, 0.1) is 0 Å². The molecular weight excluding hydrogens is 228 g/mol. The number of hydrogen-bond donors (Lipinski definition) is 1. The monoisotopic (exact) mass is 248 g/mol. The van der Waals surface area contributed by atoms with Crippen molar-refractivity contribution in [3.63, 3.8) is 0 Å². The Balaban J connectivity index is 1.94. The Morgan fingerprint density at radius 3 is 3.17 bits per heavy atom. The van der Waals surface area contributed by atoms with Crippen molar-refractivity contribution in [1.82, 2.24) is 9.88 Å². The van der Waals surface area contributed by atoms with Crippen molar-refractivity contribution in [2.45, 2.75) is 32.7 Å². The van der Waals surface area contributed by atoms with Gasteiger partial charge in [-0.2, -0.15) is 0 Å². The van der Waals surface area contributed by atoms with Crippen LogP contribution >= 0.6 is 0 Å². The van der Waals surface area contributed by atoms with Crippen LogP contribution in [0.2, 0.25) is 0 Å². The minimum absolute atomic E-state index is 0.136. The Bertz CT molecular complexity index is 420. The van der Waals surface area contributed by atoms with Crippen LogP contribution < -0.4 is 0 Å². The van der Waals surface area contributed by atoms with Crippen LogP contribution in [0.25, 0.3) is 0 Å². The lowest BCUT2D eigenvalue weighted by molar-refractivity contribution is 0.0690. The van der Waals surface area contributed by atoms with Crippen LogP contribution in [-0.4, -0.2) is 34.0 Å². The van der Waals surface area contributed by atoms with E-state index in [2.05, 4.69) is 16.8 Å². The molecule has 1 atom stereocenters. The fourth-order valence-electron chi connectivity index (χ4n) is 2.65. The van der Waals surface area contributed by atoms with Crippen LogP contribution in [0.3, 0.4) is 0 Å². The summed E-state index contributed by atoms with van der Waals surface area (Å²) >= 11 is 0. The molecule has 2 rings (SSSR count). The molecule has 0 saturated carbocycles. The molecule has 1 fully saturated rings. The lowest BCUT2D eigenvalue weighted by Crippen LogP contribution is -2.20. The molecule has 0 spiro atoms. The summed E-state index contributed by atoms with van der Waals surface area (Å²) in [5.74, 6) is -0.141. The van der Waals surface area contributed by atoms with E-state index in [0.29, 0.717) is 0 Å². The zero-order chi connectivity index (χ0) is 13.0. The zero-order valence-electron chi connectivity index (χ0n) is 10.8. The third kappa shape index (κ3) is 3.29. The van der Waals surface area contributed by atoms with Crippen molar-refractivity contribution in [1.29, 1.82) is 0 Å². The van der Waals surface area contributed by atoms with Crippen molar-refractivity contribution in [3.05, 3.63) is 29.6 Å². The standard InChI is InChI=1S/C14H20N2O2/c1-2-3-11-5-7-16(9-11)10-12-4-6-15-13(8-12)14(17)18/h4,6,8,11H,2-3,5,7,9-10H2,1H3,(H,17,18). The second-order valence-corrected chi connectivity index (χ2v) is 5.03. The van der Waals surface area contributed by atoms with E-state index < -0.39 is 5.97 Å². The summed E-state index contributed by atoms with van der Waals surface area (Å²) in [6.07, 6.45) is 5.40. The van der Waals surface area contributed by atoms with Gasteiger partial charge >= 0.3 is 5.97 Å². The number of rotatable bonds is 5. The maximum absolute atomic E-state index is 10.9. The molecule has 0 bridgehead atoms. The first-order valence-corrected chi connectivity index (χ1v) is 6.59. The quantitative estimate of drug-likeness (QED) is 0.869. The highest BCUT2D eigenvalue weighted by Crippen LogP contribution is 2.22. The van der Waals surface area contributed by atoms with Gasteiger partial charge in [0.15, 0.2) is 0 Å². The molecule has 0 amide bonds. The highest BCUT2D eigenvalue weighted by molar-refractivity contribution is 5.85. The number of aromatic carboxylic acids is 1. The molecule has 1 aromatic rings. The molecule has 18 heavy (non-hydrogen) atoms. The normalized spacial score (nSPS) is 20.2. The molecular formula is C14H20N2O2. The van der Waals surface area contributed by atoms with E-state index >= 15 is 0 Å². The highest BCUT2D eigenvalue weighted by atomic mass is 16.4. The highest BCUT2D eigenvalue weighted by Gasteiger charge is 2.21. The Kier molecular flexibility index (Phi) is 4.31. The maximum Gasteiger partial charge on any atom is 0.354 e. The predicted octanol–water partition coefficient (Wildman–Crippen LogP) is 2.40. The molecule has 1 aromatic heterocycles. The summed E-state index contributed by atoms with van der Waals surface area (Å²) in [5, 5.41) is 8.91. The van der Waals surface area contributed by atoms with E-state index in [1.54, 1.807) is 12.3 Å². The Labute approximate surface area is 108 Å². The van der Waals surface area contributed by atoms with E-state index in [-0.39, 0.29) is 5.69 Å². The van der Waals surface area contributed by atoms with Gasteiger partial charge in [0.1, 0.15) is 5.69 Å². The number of pyridine rings is 1. The topological polar surface area (TPSA) is 53.4 Å². The third-order valence-electron chi connectivity index (χ3n) is 3.52. The number of nitrogens with zero attached hydrogens (tertiary/aromatic N) is 2. The van der Waals surface area contributed by atoms with Gasteiger partial charge in [0.2, 0.25) is 0 Å². The van der Waals surface area contributed by atoms with E-state index in [4.69, 9.17) is 5.11 Å². The number of carboxylic acids is 1. The summed E-state index contributed by atoms with van der Waals surface area (Å²) < 4.78 is 0. The Hall–Kier alpha value is -1.42. The lowest BCUT2D eigenvalue weighted by Gasteiger charge is -2.16. The number of aromatic nitrogens is 1. The van der Waals surface area contributed by atoms with Crippen molar-refractivity contribution in [2.75, 3.05) is 13.1 Å². The molecule has 1 unspecified atom stereocenters. The second kappa shape index (κ2) is 5.96. The first-order chi connectivity index (χ1) is 8.69. The van der Waals surface area contributed by atoms with Crippen molar-refractivity contribution in [3.8, 4) is 0 Å². The molecule has 1 saturated heterocycles. The third-order valence-corrected chi connectivity index (χ3v) is 3.52. The van der Waals surface area contributed by atoms with Crippen LogP contribution in [0.4, 0.5) is 0 Å². The fraction of sp³-hybridized carbons (Fsp3) is 0.571. The average molecular weight is 248 g/mol. The predicted molar refractivity (Wildman–Crippen MR) is 69.5 cm³/mol. The lowest BCUT2D eigenvalue weighted by atomic mass is 10.0. The van der Waals surface area contributed by atoms with Crippen molar-refractivity contribution >= 4 is 5.97 Å². The molecule has 0 radical (unpaired) electrons. The summed E-state index contributed by atoms with van der Waals surface area (Å²) in [6, 6.07) is 3.58. The molecule has 0 aliphatic carbocycles. The number of carbonyl (C=O) groups is 1. The van der Waals surface area contributed by atoms with Gasteiger partial charge in [-0.15, -0.1) is 0 Å². The van der Waals surface area contributed by atoms with Gasteiger partial charge in [-0.05, 0) is 43.0 Å². The Morgan fingerprint density at radius 2 is 2.44 bits per heavy atom. The van der Waals surface area contributed by atoms with E-state index in [0.717, 1.165) is 31.1 Å². The molecule has 4 nitrogen and oxygen atoms in total. The molecule has 1 aliphatic heterocycles. The van der Waals surface area contributed by atoms with Gasteiger partial charge in [0, 0.05) is 19.3 Å². The van der Waals surface area contributed by atoms with Gasteiger partial charge in [-0.3, -0.25) is 4.90 Å². The first-order valence-electron chi connectivity index (χ1n) is 6.59. The SMILES string of the molecule is CCCC1CCN(Cc2ccnc(C(=O)O)c2)C1. The fourth-order valence-corrected chi connectivity index (χ4v) is 2.65. The summed E-state index contributed by atoms with van der Waals surface area (Å²) in [6.45, 7) is 5.32. The van der Waals surface area contributed by atoms with Gasteiger partial charge in [0.25, 0.3) is 0 Å². The molecule has 0 aromatic carbocycles. The molecule has 1 aliphatic rings. The maximum atomic E-state index is 10.9. The zero-order valence-corrected chi connectivity index (χ0v) is 10.8. The minimum atomic E-state index is -0.956. The largest absolute Gasteiger partial charge is 0.477 e. The van der Waals surface area contributed by atoms with Crippen LogP contribution in [0.15, 0.2) is 18.3 Å². The van der Waals surface area contributed by atoms with Crippen LogP contribution in [0.1, 0.15) is 42.2 Å². The first kappa shape index (κ1) is 13.0. The summed E-state index contributed by atoms with van der Waals surface area (Å²) in [4.78, 5) is 17.1. The number of likely N-dealkylation sites (tertiary alicyclic amines) is 1. The molecule has 1 N–H and O–H groups in total. The van der Waals surface area contributed by atoms with Gasteiger partial charge < -0.3 is 5.11 Å². The smallest absolute Gasteiger partial charge is 0.354 e. The summed E-state index contributed by atoms with van der Waals surface area (Å²) in [5.41, 5.74) is 1.18. The van der Waals surface area contributed by atoms with Crippen molar-refractivity contribution < 1.29 is 9.90 Å². The number of hydrogen-bond acceptors (Lipinski definition) is 3. The molecule has 4 heteroatoms. The minimum Gasteiger partial charge on any atom is -0.477 e. The Morgan fingerprint density at radius 1 is 1.61 bits per heavy atom. The van der Waals surface area contributed by atoms with E-state index in [1.807, 2.05) is 6.07 Å². The van der Waals surface area contributed by atoms with Gasteiger partial charge in [-0.25, -0.2) is 9.78 Å². The second-order valence-electron chi connectivity index (χ2n) is 5.03. The molecule has 2 heterocycles. The van der Waals surface area contributed by atoms with Crippen molar-refractivity contribution in [2.24, 2.45) is 5.92 Å². The van der Waals surface area contributed by atoms with E-state index in [1.165, 1.54) is 19.3 Å². The average Bonchev–Trinajstić information content (AvgIpc) is 2.77. The van der Waals surface area contributed by atoms with Crippen LogP contribution in [0.5, 0.6) is 0 Å².